The average molecular weight is 260 g/mol. The smallest absolute Gasteiger partial charge is 0.272 e. The van der Waals surface area contributed by atoms with Crippen molar-refractivity contribution in [1.82, 2.24) is 0 Å². The van der Waals surface area contributed by atoms with Crippen molar-refractivity contribution >= 4 is 11.4 Å². The number of nitrogens with one attached hydrogen (secondary N) is 1. The van der Waals surface area contributed by atoms with E-state index < -0.39 is 4.92 Å². The lowest BCUT2D eigenvalue weighted by atomic mass is 10.1. The standard InChI is InChI=1S/C14H13FN2O2/c1-10-11(5-4-8-14(10)17(18)19)9-16-13-7-3-2-6-12(13)15/h2-8,16H,9H2,1H3. The van der Waals surface area contributed by atoms with Crippen LogP contribution in [0.15, 0.2) is 42.5 Å². The van der Waals surface area contributed by atoms with Crippen LogP contribution in [0.4, 0.5) is 15.8 Å². The molecular formula is C14H13FN2O2. The predicted molar refractivity (Wildman–Crippen MR) is 71.6 cm³/mol. The number of hydrogen-bond donors (Lipinski definition) is 1. The van der Waals surface area contributed by atoms with Gasteiger partial charge in [-0.3, -0.25) is 10.1 Å². The molecule has 98 valence electrons. The number of anilines is 1. The Balaban J connectivity index is 2.19. The van der Waals surface area contributed by atoms with Gasteiger partial charge in [-0.1, -0.05) is 24.3 Å². The Morgan fingerprint density at radius 1 is 1.21 bits per heavy atom. The molecule has 2 aromatic carbocycles. The van der Waals surface area contributed by atoms with Crippen molar-refractivity contribution in [3.8, 4) is 0 Å². The number of rotatable bonds is 4. The molecular weight excluding hydrogens is 247 g/mol. The van der Waals surface area contributed by atoms with Gasteiger partial charge >= 0.3 is 0 Å². The molecule has 2 aromatic rings. The summed E-state index contributed by atoms with van der Waals surface area (Å²) < 4.78 is 13.4. The third-order valence-corrected chi connectivity index (χ3v) is 2.96. The largest absolute Gasteiger partial charge is 0.379 e. The molecule has 0 amide bonds. The second kappa shape index (κ2) is 5.48. The summed E-state index contributed by atoms with van der Waals surface area (Å²) in [5.74, 6) is -0.342. The lowest BCUT2D eigenvalue weighted by Crippen LogP contribution is -2.04. The van der Waals surface area contributed by atoms with Crippen LogP contribution in [0.2, 0.25) is 0 Å². The number of para-hydroxylation sites is 1. The Labute approximate surface area is 110 Å². The van der Waals surface area contributed by atoms with Gasteiger partial charge in [0.1, 0.15) is 5.82 Å². The second-order valence-electron chi connectivity index (χ2n) is 4.15. The molecule has 0 aliphatic heterocycles. The van der Waals surface area contributed by atoms with Crippen LogP contribution in [0, 0.1) is 22.9 Å². The average Bonchev–Trinajstić information content (AvgIpc) is 2.39. The molecule has 4 nitrogen and oxygen atoms in total. The van der Waals surface area contributed by atoms with E-state index in [1.54, 1.807) is 37.3 Å². The van der Waals surface area contributed by atoms with Crippen LogP contribution in [-0.4, -0.2) is 4.92 Å². The number of nitrogens with zero attached hydrogens (tertiary/aromatic N) is 1. The SMILES string of the molecule is Cc1c(CNc2ccccc2F)cccc1[N+](=O)[O-]. The minimum Gasteiger partial charge on any atom is -0.379 e. The van der Waals surface area contributed by atoms with Crippen LogP contribution in [0.1, 0.15) is 11.1 Å². The zero-order valence-corrected chi connectivity index (χ0v) is 10.4. The fraction of sp³-hybridized carbons (Fsp3) is 0.143. The molecule has 0 unspecified atom stereocenters. The summed E-state index contributed by atoms with van der Waals surface area (Å²) in [6.45, 7) is 2.03. The summed E-state index contributed by atoms with van der Waals surface area (Å²) in [7, 11) is 0. The highest BCUT2D eigenvalue weighted by Gasteiger charge is 2.13. The van der Waals surface area contributed by atoms with Crippen LogP contribution in [0.3, 0.4) is 0 Å². The number of nitro benzene ring substituents is 1. The van der Waals surface area contributed by atoms with E-state index in [1.165, 1.54) is 12.1 Å². The lowest BCUT2D eigenvalue weighted by Gasteiger charge is -2.09. The molecule has 1 N–H and O–H groups in total. The maximum absolute atomic E-state index is 13.4. The van der Waals surface area contributed by atoms with Gasteiger partial charge in [0.25, 0.3) is 5.69 Å². The number of nitro groups is 1. The highest BCUT2D eigenvalue weighted by Crippen LogP contribution is 2.22. The van der Waals surface area contributed by atoms with Crippen molar-refractivity contribution in [2.24, 2.45) is 0 Å². The summed E-state index contributed by atoms with van der Waals surface area (Å²) in [5.41, 5.74) is 1.83. The molecule has 0 aliphatic rings. The minimum atomic E-state index is -0.415. The third-order valence-electron chi connectivity index (χ3n) is 2.96. The Morgan fingerprint density at radius 3 is 2.63 bits per heavy atom. The highest BCUT2D eigenvalue weighted by molar-refractivity contribution is 5.48. The van der Waals surface area contributed by atoms with Gasteiger partial charge in [0.05, 0.1) is 10.6 Å². The fourth-order valence-electron chi connectivity index (χ4n) is 1.85. The minimum absolute atomic E-state index is 0.0767. The highest BCUT2D eigenvalue weighted by atomic mass is 19.1. The molecule has 5 heteroatoms. The Kier molecular flexibility index (Phi) is 3.75. The monoisotopic (exact) mass is 260 g/mol. The first-order valence-corrected chi connectivity index (χ1v) is 5.81. The van der Waals surface area contributed by atoms with Gasteiger partial charge in [0.15, 0.2) is 0 Å². The molecule has 0 aromatic heterocycles. The molecule has 0 fully saturated rings. The molecule has 0 heterocycles. The molecule has 0 atom stereocenters. The zero-order chi connectivity index (χ0) is 13.8. The zero-order valence-electron chi connectivity index (χ0n) is 10.4. The van der Waals surface area contributed by atoms with Gasteiger partial charge in [0.2, 0.25) is 0 Å². The van der Waals surface area contributed by atoms with Gasteiger partial charge in [-0.25, -0.2) is 4.39 Å². The van der Waals surface area contributed by atoms with E-state index in [4.69, 9.17) is 0 Å². The van der Waals surface area contributed by atoms with Crippen LogP contribution in [-0.2, 0) is 6.54 Å². The van der Waals surface area contributed by atoms with E-state index in [2.05, 4.69) is 5.32 Å². The molecule has 0 spiro atoms. The van der Waals surface area contributed by atoms with Gasteiger partial charge in [0, 0.05) is 18.2 Å². The predicted octanol–water partition coefficient (Wildman–Crippen LogP) is 3.65. The van der Waals surface area contributed by atoms with Gasteiger partial charge in [-0.2, -0.15) is 0 Å². The summed E-state index contributed by atoms with van der Waals surface area (Å²) >= 11 is 0. The van der Waals surface area contributed by atoms with E-state index >= 15 is 0 Å². The summed E-state index contributed by atoms with van der Waals surface area (Å²) in [5, 5.41) is 13.8. The van der Waals surface area contributed by atoms with Crippen LogP contribution in [0.25, 0.3) is 0 Å². The number of benzene rings is 2. The summed E-state index contributed by atoms with van der Waals surface area (Å²) in [4.78, 5) is 10.4. The first-order chi connectivity index (χ1) is 9.09. The van der Waals surface area contributed by atoms with Crippen molar-refractivity contribution in [2.75, 3.05) is 5.32 Å². The van der Waals surface area contributed by atoms with Crippen molar-refractivity contribution < 1.29 is 9.31 Å². The summed E-state index contributed by atoms with van der Waals surface area (Å²) in [6.07, 6.45) is 0. The van der Waals surface area contributed by atoms with Gasteiger partial charge in [-0.05, 0) is 24.6 Å². The summed E-state index contributed by atoms with van der Waals surface area (Å²) in [6, 6.07) is 11.2. The van der Waals surface area contributed by atoms with Gasteiger partial charge in [-0.15, -0.1) is 0 Å². The Bertz CT molecular complexity index is 614. The van der Waals surface area contributed by atoms with E-state index in [-0.39, 0.29) is 11.5 Å². The fourth-order valence-corrected chi connectivity index (χ4v) is 1.85. The van der Waals surface area contributed by atoms with E-state index in [0.717, 1.165) is 5.56 Å². The topological polar surface area (TPSA) is 55.2 Å². The maximum atomic E-state index is 13.4. The van der Waals surface area contributed by atoms with Crippen LogP contribution >= 0.6 is 0 Å². The Hall–Kier alpha value is -2.43. The van der Waals surface area contributed by atoms with Crippen LogP contribution in [0.5, 0.6) is 0 Å². The van der Waals surface area contributed by atoms with Crippen LogP contribution < -0.4 is 5.32 Å². The maximum Gasteiger partial charge on any atom is 0.272 e. The third kappa shape index (κ3) is 2.88. The van der Waals surface area contributed by atoms with Crippen molar-refractivity contribution in [3.63, 3.8) is 0 Å². The normalized spacial score (nSPS) is 10.2. The van der Waals surface area contributed by atoms with E-state index in [9.17, 15) is 14.5 Å². The first kappa shape index (κ1) is 13.0. The van der Waals surface area contributed by atoms with Crippen molar-refractivity contribution in [2.45, 2.75) is 13.5 Å². The molecule has 0 saturated heterocycles. The van der Waals surface area contributed by atoms with Crippen molar-refractivity contribution in [1.29, 1.82) is 0 Å². The van der Waals surface area contributed by atoms with E-state index in [1.807, 2.05) is 0 Å². The molecule has 0 bridgehead atoms. The molecule has 0 saturated carbocycles. The lowest BCUT2D eigenvalue weighted by molar-refractivity contribution is -0.385. The number of hydrogen-bond acceptors (Lipinski definition) is 3. The molecule has 19 heavy (non-hydrogen) atoms. The quantitative estimate of drug-likeness (QED) is 0.674. The van der Waals surface area contributed by atoms with E-state index in [0.29, 0.717) is 17.8 Å². The first-order valence-electron chi connectivity index (χ1n) is 5.81. The second-order valence-corrected chi connectivity index (χ2v) is 4.15. The molecule has 0 aliphatic carbocycles. The Morgan fingerprint density at radius 2 is 1.95 bits per heavy atom. The molecule has 2 rings (SSSR count). The van der Waals surface area contributed by atoms with Gasteiger partial charge < -0.3 is 5.32 Å². The van der Waals surface area contributed by atoms with Crippen molar-refractivity contribution in [3.05, 3.63) is 69.5 Å². The molecule has 0 radical (unpaired) electrons. The number of halogens is 1.